The van der Waals surface area contributed by atoms with Gasteiger partial charge < -0.3 is 15.4 Å². The maximum absolute atomic E-state index is 12.3. The van der Waals surface area contributed by atoms with E-state index in [1.807, 2.05) is 24.9 Å². The molecule has 0 saturated carbocycles. The van der Waals surface area contributed by atoms with Gasteiger partial charge in [-0.25, -0.2) is 4.68 Å². The molecule has 1 aromatic heterocycles. The molecule has 0 bridgehead atoms. The minimum absolute atomic E-state index is 0.0652. The number of aryl methyl sites for hydroxylation is 1. The van der Waals surface area contributed by atoms with Crippen LogP contribution < -0.4 is 5.73 Å². The Labute approximate surface area is 125 Å². The first-order chi connectivity index (χ1) is 10.1. The van der Waals surface area contributed by atoms with E-state index in [-0.39, 0.29) is 24.7 Å². The van der Waals surface area contributed by atoms with Crippen LogP contribution in [0.25, 0.3) is 0 Å². The number of unbranched alkanes of at least 4 members (excludes halogenated alkanes) is 1. The highest BCUT2D eigenvalue weighted by atomic mass is 16.5. The summed E-state index contributed by atoms with van der Waals surface area (Å²) in [4.78, 5) is 14.1. The fourth-order valence-electron chi connectivity index (χ4n) is 2.60. The van der Waals surface area contributed by atoms with Gasteiger partial charge in [-0.3, -0.25) is 4.79 Å². The molecule has 0 aliphatic carbocycles. The fraction of sp³-hybridized carbons (Fsp3) is 0.786. The number of morpholine rings is 1. The fourth-order valence-corrected chi connectivity index (χ4v) is 2.60. The first-order valence-electron chi connectivity index (χ1n) is 7.60. The zero-order chi connectivity index (χ0) is 15.2. The molecule has 0 spiro atoms. The summed E-state index contributed by atoms with van der Waals surface area (Å²) in [7, 11) is 0. The largest absolute Gasteiger partial charge is 0.372 e. The van der Waals surface area contributed by atoms with Crippen LogP contribution in [0.5, 0.6) is 0 Å². The number of nitrogens with zero attached hydrogens (tertiary/aromatic N) is 4. The molecule has 1 aliphatic heterocycles. The van der Waals surface area contributed by atoms with E-state index in [0.717, 1.165) is 25.0 Å². The average molecular weight is 295 g/mol. The summed E-state index contributed by atoms with van der Waals surface area (Å²) in [6.45, 7) is 6.19. The van der Waals surface area contributed by atoms with Gasteiger partial charge in [-0.05, 0) is 39.7 Å². The van der Waals surface area contributed by atoms with Crippen molar-refractivity contribution < 1.29 is 9.53 Å². The minimum atomic E-state index is 0.0652. The van der Waals surface area contributed by atoms with Crippen LogP contribution in [0.15, 0.2) is 6.20 Å². The number of aromatic nitrogens is 3. The highest BCUT2D eigenvalue weighted by Crippen LogP contribution is 2.11. The van der Waals surface area contributed by atoms with E-state index in [1.165, 1.54) is 0 Å². The van der Waals surface area contributed by atoms with Crippen molar-refractivity contribution in [2.45, 2.75) is 51.9 Å². The molecule has 1 aliphatic rings. The molecule has 2 atom stereocenters. The van der Waals surface area contributed by atoms with Crippen LogP contribution in [-0.2, 0) is 22.5 Å². The molecule has 0 radical (unpaired) electrons. The molecule has 2 heterocycles. The Kier molecular flexibility index (Phi) is 5.69. The van der Waals surface area contributed by atoms with Gasteiger partial charge in [0.1, 0.15) is 6.54 Å². The van der Waals surface area contributed by atoms with Crippen molar-refractivity contribution in [3.05, 3.63) is 11.9 Å². The van der Waals surface area contributed by atoms with Crippen molar-refractivity contribution >= 4 is 5.91 Å². The molecule has 1 aromatic rings. The molecule has 2 unspecified atom stereocenters. The Morgan fingerprint density at radius 3 is 2.76 bits per heavy atom. The average Bonchev–Trinajstić information content (AvgIpc) is 2.85. The quantitative estimate of drug-likeness (QED) is 0.757. The van der Waals surface area contributed by atoms with Gasteiger partial charge in [0, 0.05) is 19.3 Å². The van der Waals surface area contributed by atoms with Crippen LogP contribution in [-0.4, -0.2) is 57.6 Å². The van der Waals surface area contributed by atoms with Crippen molar-refractivity contribution in [3.63, 3.8) is 0 Å². The first kappa shape index (κ1) is 15.9. The number of nitrogens with two attached hydrogens (primary N) is 1. The van der Waals surface area contributed by atoms with Crippen LogP contribution in [0.1, 0.15) is 32.4 Å². The van der Waals surface area contributed by atoms with Gasteiger partial charge in [0.15, 0.2) is 0 Å². The van der Waals surface area contributed by atoms with Gasteiger partial charge in [-0.2, -0.15) is 0 Å². The van der Waals surface area contributed by atoms with E-state index in [2.05, 4.69) is 10.3 Å². The van der Waals surface area contributed by atoms with Crippen LogP contribution >= 0.6 is 0 Å². The Morgan fingerprint density at radius 1 is 1.38 bits per heavy atom. The zero-order valence-electron chi connectivity index (χ0n) is 12.9. The second-order valence-corrected chi connectivity index (χ2v) is 5.71. The molecule has 118 valence electrons. The number of carbonyl (C=O) groups is 1. The Morgan fingerprint density at radius 2 is 2.10 bits per heavy atom. The van der Waals surface area contributed by atoms with Crippen molar-refractivity contribution in [2.24, 2.45) is 5.73 Å². The summed E-state index contributed by atoms with van der Waals surface area (Å²) < 4.78 is 7.25. The van der Waals surface area contributed by atoms with Crippen molar-refractivity contribution in [1.82, 2.24) is 19.9 Å². The summed E-state index contributed by atoms with van der Waals surface area (Å²) in [5.41, 5.74) is 6.38. The minimum Gasteiger partial charge on any atom is -0.372 e. The topological polar surface area (TPSA) is 86.3 Å². The van der Waals surface area contributed by atoms with E-state index >= 15 is 0 Å². The number of rotatable bonds is 6. The second-order valence-electron chi connectivity index (χ2n) is 5.71. The Hall–Kier alpha value is -1.47. The first-order valence-corrected chi connectivity index (χ1v) is 7.60. The normalized spacial score (nSPS) is 22.5. The number of hydrogen-bond acceptors (Lipinski definition) is 5. The standard InChI is InChI=1S/C14H25N5O2/c1-11-7-18(8-12(2)21-11)14(20)10-19-9-13(16-17-19)5-3-4-6-15/h9,11-12H,3-8,10,15H2,1-2H3. The maximum atomic E-state index is 12.3. The van der Waals surface area contributed by atoms with E-state index < -0.39 is 0 Å². The van der Waals surface area contributed by atoms with E-state index in [0.29, 0.717) is 19.6 Å². The third kappa shape index (κ3) is 4.78. The van der Waals surface area contributed by atoms with E-state index in [4.69, 9.17) is 10.5 Å². The summed E-state index contributed by atoms with van der Waals surface area (Å²) in [5.74, 6) is 0.0652. The van der Waals surface area contributed by atoms with Gasteiger partial charge in [0.05, 0.1) is 17.9 Å². The van der Waals surface area contributed by atoms with Crippen molar-refractivity contribution in [2.75, 3.05) is 19.6 Å². The monoisotopic (exact) mass is 295 g/mol. The number of hydrogen-bond donors (Lipinski definition) is 1. The second kappa shape index (κ2) is 7.51. The Bertz CT molecular complexity index is 452. The van der Waals surface area contributed by atoms with Gasteiger partial charge in [0.2, 0.25) is 5.91 Å². The molecule has 2 rings (SSSR count). The molecule has 1 amide bonds. The third-order valence-electron chi connectivity index (χ3n) is 3.54. The number of amides is 1. The number of ether oxygens (including phenoxy) is 1. The highest BCUT2D eigenvalue weighted by molar-refractivity contribution is 5.76. The third-order valence-corrected chi connectivity index (χ3v) is 3.54. The van der Waals surface area contributed by atoms with Crippen LogP contribution in [0.2, 0.25) is 0 Å². The summed E-state index contributed by atoms with van der Waals surface area (Å²) >= 11 is 0. The van der Waals surface area contributed by atoms with E-state index in [1.54, 1.807) is 4.68 Å². The molecule has 1 fully saturated rings. The van der Waals surface area contributed by atoms with Gasteiger partial charge >= 0.3 is 0 Å². The number of carbonyl (C=O) groups excluding carboxylic acids is 1. The van der Waals surface area contributed by atoms with Gasteiger partial charge in [-0.1, -0.05) is 5.21 Å². The highest BCUT2D eigenvalue weighted by Gasteiger charge is 2.26. The lowest BCUT2D eigenvalue weighted by Crippen LogP contribution is -2.49. The smallest absolute Gasteiger partial charge is 0.244 e. The SMILES string of the molecule is CC1CN(C(=O)Cn2cc(CCCCN)nn2)CC(C)O1. The molecule has 7 nitrogen and oxygen atoms in total. The molecule has 0 aromatic carbocycles. The molecular weight excluding hydrogens is 270 g/mol. The van der Waals surface area contributed by atoms with Crippen molar-refractivity contribution in [1.29, 1.82) is 0 Å². The van der Waals surface area contributed by atoms with Crippen molar-refractivity contribution in [3.8, 4) is 0 Å². The Balaban J connectivity index is 1.84. The van der Waals surface area contributed by atoms with Crippen LogP contribution in [0.3, 0.4) is 0 Å². The molecule has 21 heavy (non-hydrogen) atoms. The predicted octanol–water partition coefficient (Wildman–Crippen LogP) is 0.195. The lowest BCUT2D eigenvalue weighted by molar-refractivity contribution is -0.144. The predicted molar refractivity (Wildman–Crippen MR) is 78.6 cm³/mol. The van der Waals surface area contributed by atoms with E-state index in [9.17, 15) is 4.79 Å². The molecular formula is C14H25N5O2. The summed E-state index contributed by atoms with van der Waals surface area (Å²) in [6.07, 6.45) is 4.86. The maximum Gasteiger partial charge on any atom is 0.244 e. The lowest BCUT2D eigenvalue weighted by Gasteiger charge is -2.35. The summed E-state index contributed by atoms with van der Waals surface area (Å²) in [6, 6.07) is 0. The summed E-state index contributed by atoms with van der Waals surface area (Å²) in [5, 5.41) is 8.12. The van der Waals surface area contributed by atoms with Crippen LogP contribution in [0.4, 0.5) is 0 Å². The van der Waals surface area contributed by atoms with Crippen LogP contribution in [0, 0.1) is 0 Å². The lowest BCUT2D eigenvalue weighted by atomic mass is 10.2. The molecule has 2 N–H and O–H groups in total. The van der Waals surface area contributed by atoms with Gasteiger partial charge in [0.25, 0.3) is 0 Å². The zero-order valence-corrected chi connectivity index (χ0v) is 12.9. The molecule has 7 heteroatoms. The molecule has 1 saturated heterocycles. The van der Waals surface area contributed by atoms with Gasteiger partial charge in [-0.15, -0.1) is 5.10 Å².